The number of rotatable bonds is 3. The van der Waals surface area contributed by atoms with Gasteiger partial charge in [0.1, 0.15) is 5.02 Å². The van der Waals surface area contributed by atoms with Crippen LogP contribution in [0.25, 0.3) is 0 Å². The van der Waals surface area contributed by atoms with Crippen LogP contribution in [0, 0.1) is 6.92 Å². The van der Waals surface area contributed by atoms with E-state index >= 15 is 0 Å². The summed E-state index contributed by atoms with van der Waals surface area (Å²) in [7, 11) is 1.57. The molecule has 1 aromatic heterocycles. The smallest absolute Gasteiger partial charge is 0.287 e. The highest BCUT2D eigenvalue weighted by Gasteiger charge is 2.06. The SMILES string of the molecule is Cc1cccc(CNc2cnn(C)c(=O)c2Cl)c1. The number of aromatic nitrogens is 2. The molecule has 0 atom stereocenters. The Morgan fingerprint density at radius 2 is 2.22 bits per heavy atom. The molecule has 0 aliphatic carbocycles. The Morgan fingerprint density at radius 3 is 2.94 bits per heavy atom. The molecule has 0 aliphatic heterocycles. The van der Waals surface area contributed by atoms with Gasteiger partial charge < -0.3 is 5.32 Å². The minimum absolute atomic E-state index is 0.167. The van der Waals surface area contributed by atoms with E-state index in [1.165, 1.54) is 10.2 Å². The summed E-state index contributed by atoms with van der Waals surface area (Å²) in [5.41, 5.74) is 2.58. The minimum atomic E-state index is -0.300. The maximum atomic E-state index is 11.6. The first-order valence-corrected chi connectivity index (χ1v) is 5.97. The lowest BCUT2D eigenvalue weighted by molar-refractivity contribution is 0.708. The molecule has 0 spiro atoms. The lowest BCUT2D eigenvalue weighted by atomic mass is 10.1. The summed E-state index contributed by atoms with van der Waals surface area (Å²) >= 11 is 5.96. The number of anilines is 1. The number of nitrogens with zero attached hydrogens (tertiary/aromatic N) is 2. The molecule has 2 rings (SSSR count). The van der Waals surface area contributed by atoms with Gasteiger partial charge in [-0.25, -0.2) is 4.68 Å². The van der Waals surface area contributed by atoms with Crippen LogP contribution in [0.1, 0.15) is 11.1 Å². The molecule has 2 aromatic rings. The fourth-order valence-corrected chi connectivity index (χ4v) is 1.89. The highest BCUT2D eigenvalue weighted by atomic mass is 35.5. The second kappa shape index (κ2) is 5.23. The van der Waals surface area contributed by atoms with Gasteiger partial charge in [-0.1, -0.05) is 41.4 Å². The van der Waals surface area contributed by atoms with Crippen LogP contribution in [0.15, 0.2) is 35.3 Å². The topological polar surface area (TPSA) is 46.9 Å². The van der Waals surface area contributed by atoms with E-state index in [-0.39, 0.29) is 10.6 Å². The van der Waals surface area contributed by atoms with Crippen molar-refractivity contribution in [1.29, 1.82) is 0 Å². The summed E-state index contributed by atoms with van der Waals surface area (Å²) < 4.78 is 1.21. The summed E-state index contributed by atoms with van der Waals surface area (Å²) in [5.74, 6) is 0. The number of aryl methyl sites for hydroxylation is 2. The van der Waals surface area contributed by atoms with Gasteiger partial charge in [-0.15, -0.1) is 0 Å². The molecule has 4 nitrogen and oxygen atoms in total. The van der Waals surface area contributed by atoms with Gasteiger partial charge >= 0.3 is 0 Å². The Kier molecular flexibility index (Phi) is 3.67. The second-order valence-electron chi connectivity index (χ2n) is 4.14. The number of nitrogens with one attached hydrogen (secondary N) is 1. The van der Waals surface area contributed by atoms with Gasteiger partial charge in [0.15, 0.2) is 0 Å². The van der Waals surface area contributed by atoms with Crippen molar-refractivity contribution in [3.05, 3.63) is 57.0 Å². The molecule has 1 heterocycles. The maximum Gasteiger partial charge on any atom is 0.287 e. The van der Waals surface area contributed by atoms with Crippen LogP contribution in [-0.4, -0.2) is 9.78 Å². The zero-order valence-corrected chi connectivity index (χ0v) is 11.0. The number of hydrogen-bond donors (Lipinski definition) is 1. The van der Waals surface area contributed by atoms with Crippen molar-refractivity contribution < 1.29 is 0 Å². The predicted molar refractivity (Wildman–Crippen MR) is 73.0 cm³/mol. The molecule has 5 heteroatoms. The molecule has 94 valence electrons. The summed E-state index contributed by atoms with van der Waals surface area (Å²) in [6, 6.07) is 8.13. The van der Waals surface area contributed by atoms with E-state index in [4.69, 9.17) is 11.6 Å². The lowest BCUT2D eigenvalue weighted by Gasteiger charge is -2.08. The molecule has 0 saturated carbocycles. The standard InChI is InChI=1S/C13H14ClN3O/c1-9-4-3-5-10(6-9)7-15-11-8-16-17(2)13(18)12(11)14/h3-6,8,15H,7H2,1-2H3. The average molecular weight is 264 g/mol. The van der Waals surface area contributed by atoms with Crippen LogP contribution < -0.4 is 10.9 Å². The quantitative estimate of drug-likeness (QED) is 0.925. The molecule has 0 radical (unpaired) electrons. The van der Waals surface area contributed by atoms with Crippen molar-refractivity contribution >= 4 is 17.3 Å². The largest absolute Gasteiger partial charge is 0.378 e. The van der Waals surface area contributed by atoms with Crippen LogP contribution in [-0.2, 0) is 13.6 Å². The monoisotopic (exact) mass is 263 g/mol. The van der Waals surface area contributed by atoms with Crippen LogP contribution in [0.5, 0.6) is 0 Å². The summed E-state index contributed by atoms with van der Waals surface area (Å²) in [6.07, 6.45) is 1.56. The van der Waals surface area contributed by atoms with E-state index in [1.807, 2.05) is 25.1 Å². The van der Waals surface area contributed by atoms with Gasteiger partial charge in [0, 0.05) is 13.6 Å². The van der Waals surface area contributed by atoms with Crippen LogP contribution >= 0.6 is 11.6 Å². The van der Waals surface area contributed by atoms with Crippen LogP contribution in [0.2, 0.25) is 5.02 Å². The average Bonchev–Trinajstić information content (AvgIpc) is 2.35. The van der Waals surface area contributed by atoms with Gasteiger partial charge in [-0.2, -0.15) is 5.10 Å². The molecule has 0 bridgehead atoms. The Bertz CT molecular complexity index is 622. The first-order valence-electron chi connectivity index (χ1n) is 5.59. The van der Waals surface area contributed by atoms with Crippen LogP contribution in [0.4, 0.5) is 5.69 Å². The van der Waals surface area contributed by atoms with Gasteiger partial charge in [0.25, 0.3) is 5.56 Å². The molecular weight excluding hydrogens is 250 g/mol. The highest BCUT2D eigenvalue weighted by molar-refractivity contribution is 6.32. The number of benzene rings is 1. The molecule has 18 heavy (non-hydrogen) atoms. The summed E-state index contributed by atoms with van der Waals surface area (Å²) in [5, 5.41) is 7.21. The van der Waals surface area contributed by atoms with Crippen molar-refractivity contribution in [1.82, 2.24) is 9.78 Å². The predicted octanol–water partition coefficient (Wildman–Crippen LogP) is 2.35. The van der Waals surface area contributed by atoms with Crippen molar-refractivity contribution in [2.24, 2.45) is 7.05 Å². The molecule has 0 amide bonds. The van der Waals surface area contributed by atoms with Gasteiger partial charge in [0.05, 0.1) is 11.9 Å². The molecule has 1 N–H and O–H groups in total. The lowest BCUT2D eigenvalue weighted by Crippen LogP contribution is -2.21. The van der Waals surface area contributed by atoms with Crippen molar-refractivity contribution in [2.45, 2.75) is 13.5 Å². The summed E-state index contributed by atoms with van der Waals surface area (Å²) in [6.45, 7) is 2.65. The highest BCUT2D eigenvalue weighted by Crippen LogP contribution is 2.16. The molecule has 0 unspecified atom stereocenters. The third-order valence-corrected chi connectivity index (χ3v) is 3.01. The van der Waals surface area contributed by atoms with Gasteiger partial charge in [-0.05, 0) is 12.5 Å². The fraction of sp³-hybridized carbons (Fsp3) is 0.231. The van der Waals surface area contributed by atoms with Crippen LogP contribution in [0.3, 0.4) is 0 Å². The first kappa shape index (κ1) is 12.6. The zero-order valence-electron chi connectivity index (χ0n) is 10.3. The third kappa shape index (κ3) is 2.71. The maximum absolute atomic E-state index is 11.6. The molecule has 0 aliphatic rings. The Labute approximate surface area is 110 Å². The Balaban J connectivity index is 2.16. The van der Waals surface area contributed by atoms with Gasteiger partial charge in [-0.3, -0.25) is 4.79 Å². The number of halogens is 1. The van der Waals surface area contributed by atoms with Crippen molar-refractivity contribution in [3.8, 4) is 0 Å². The van der Waals surface area contributed by atoms with Crippen molar-refractivity contribution in [2.75, 3.05) is 5.32 Å². The molecule has 1 aromatic carbocycles. The third-order valence-electron chi connectivity index (χ3n) is 2.64. The molecule has 0 fully saturated rings. The van der Waals surface area contributed by atoms with E-state index in [0.717, 1.165) is 5.56 Å². The normalized spacial score (nSPS) is 10.4. The number of hydrogen-bond acceptors (Lipinski definition) is 3. The first-order chi connectivity index (χ1) is 8.58. The zero-order chi connectivity index (χ0) is 13.1. The van der Waals surface area contributed by atoms with E-state index in [1.54, 1.807) is 13.2 Å². The minimum Gasteiger partial charge on any atom is -0.378 e. The Hall–Kier alpha value is -1.81. The van der Waals surface area contributed by atoms with E-state index in [0.29, 0.717) is 12.2 Å². The van der Waals surface area contributed by atoms with Gasteiger partial charge in [0.2, 0.25) is 0 Å². The Morgan fingerprint density at radius 1 is 1.44 bits per heavy atom. The van der Waals surface area contributed by atoms with E-state index < -0.39 is 0 Å². The second-order valence-corrected chi connectivity index (χ2v) is 4.52. The molecule has 0 saturated heterocycles. The van der Waals surface area contributed by atoms with E-state index in [9.17, 15) is 4.79 Å². The molecular formula is C13H14ClN3O. The fourth-order valence-electron chi connectivity index (χ4n) is 1.65. The van der Waals surface area contributed by atoms with Crippen molar-refractivity contribution in [3.63, 3.8) is 0 Å². The van der Waals surface area contributed by atoms with E-state index in [2.05, 4.69) is 16.5 Å². The summed E-state index contributed by atoms with van der Waals surface area (Å²) in [4.78, 5) is 11.6.